The van der Waals surface area contributed by atoms with Crippen LogP contribution in [0.2, 0.25) is 5.02 Å². The third-order valence-electron chi connectivity index (χ3n) is 3.44. The summed E-state index contributed by atoms with van der Waals surface area (Å²) in [6.45, 7) is 0. The van der Waals surface area contributed by atoms with Crippen molar-refractivity contribution in [2.75, 3.05) is 0 Å². The minimum absolute atomic E-state index is 0.0831. The molecule has 6 nitrogen and oxygen atoms in total. The number of non-ortho nitro benzene ring substituents is 1. The van der Waals surface area contributed by atoms with Crippen LogP contribution in [0.3, 0.4) is 0 Å². The van der Waals surface area contributed by atoms with Gasteiger partial charge in [0.2, 0.25) is 0 Å². The van der Waals surface area contributed by atoms with Gasteiger partial charge < -0.3 is 9.84 Å². The lowest BCUT2D eigenvalue weighted by Crippen LogP contribution is -1.90. The molecule has 0 fully saturated rings. The van der Waals surface area contributed by atoms with Crippen LogP contribution in [-0.2, 0) is 0 Å². The molecule has 0 atom stereocenters. The van der Waals surface area contributed by atoms with Crippen molar-refractivity contribution in [3.8, 4) is 17.2 Å². The summed E-state index contributed by atoms with van der Waals surface area (Å²) in [7, 11) is 0. The lowest BCUT2D eigenvalue weighted by atomic mass is 10.2. The third kappa shape index (κ3) is 4.37. The highest BCUT2D eigenvalue weighted by Crippen LogP contribution is 2.26. The number of hydrogen-bond donors (Lipinski definition) is 1. The van der Waals surface area contributed by atoms with Gasteiger partial charge in [-0.25, -0.2) is 0 Å². The molecule has 26 heavy (non-hydrogen) atoms. The Balaban J connectivity index is 1.74. The summed E-state index contributed by atoms with van der Waals surface area (Å²) in [6.07, 6.45) is 1.37. The van der Waals surface area contributed by atoms with E-state index in [2.05, 4.69) is 4.99 Å². The molecule has 7 heteroatoms. The van der Waals surface area contributed by atoms with Crippen LogP contribution in [0.15, 0.2) is 71.7 Å². The zero-order valence-corrected chi connectivity index (χ0v) is 14.1. The minimum Gasteiger partial charge on any atom is -0.507 e. The number of aliphatic imine (C=N–C) groups is 1. The maximum atomic E-state index is 10.8. The van der Waals surface area contributed by atoms with Gasteiger partial charge in [0.25, 0.3) is 5.69 Å². The molecule has 3 aromatic carbocycles. The van der Waals surface area contributed by atoms with Crippen molar-refractivity contribution < 1.29 is 14.8 Å². The van der Waals surface area contributed by atoms with E-state index in [1.54, 1.807) is 48.5 Å². The van der Waals surface area contributed by atoms with E-state index in [-0.39, 0.29) is 17.0 Å². The molecule has 3 aromatic rings. The molecular weight excluding hydrogens is 356 g/mol. The zero-order chi connectivity index (χ0) is 18.5. The van der Waals surface area contributed by atoms with Crippen molar-refractivity contribution >= 4 is 29.2 Å². The molecule has 0 unspecified atom stereocenters. The first-order valence-electron chi connectivity index (χ1n) is 7.56. The number of phenolic OH excluding ortho intramolecular Hbond substituents is 1. The van der Waals surface area contributed by atoms with Crippen LogP contribution in [0.4, 0.5) is 11.4 Å². The number of ether oxygens (including phenoxy) is 1. The molecule has 0 amide bonds. The van der Waals surface area contributed by atoms with Crippen LogP contribution in [0.5, 0.6) is 17.2 Å². The van der Waals surface area contributed by atoms with Gasteiger partial charge in [-0.05, 0) is 48.5 Å². The number of hydrogen-bond acceptors (Lipinski definition) is 5. The quantitative estimate of drug-likeness (QED) is 0.366. The number of nitrogens with zero attached hydrogens (tertiary/aromatic N) is 2. The van der Waals surface area contributed by atoms with Gasteiger partial charge >= 0.3 is 0 Å². The lowest BCUT2D eigenvalue weighted by molar-refractivity contribution is -0.384. The van der Waals surface area contributed by atoms with Crippen molar-refractivity contribution in [1.82, 2.24) is 0 Å². The topological polar surface area (TPSA) is 85.0 Å². The summed E-state index contributed by atoms with van der Waals surface area (Å²) in [4.78, 5) is 14.5. The van der Waals surface area contributed by atoms with E-state index in [1.807, 2.05) is 0 Å². The molecule has 0 spiro atoms. The smallest absolute Gasteiger partial charge is 0.270 e. The second-order valence-electron chi connectivity index (χ2n) is 5.31. The summed E-state index contributed by atoms with van der Waals surface area (Å²) in [5, 5.41) is 21.2. The van der Waals surface area contributed by atoms with E-state index in [0.717, 1.165) is 0 Å². The van der Waals surface area contributed by atoms with Gasteiger partial charge in [-0.3, -0.25) is 15.1 Å². The van der Waals surface area contributed by atoms with E-state index in [9.17, 15) is 15.2 Å². The molecule has 0 saturated carbocycles. The highest BCUT2D eigenvalue weighted by atomic mass is 35.5. The molecule has 0 aliphatic rings. The fourth-order valence-electron chi connectivity index (χ4n) is 2.17. The Labute approximate surface area is 154 Å². The number of phenols is 1. The van der Waals surface area contributed by atoms with Crippen LogP contribution < -0.4 is 4.74 Å². The first kappa shape index (κ1) is 17.4. The van der Waals surface area contributed by atoms with E-state index in [1.165, 1.54) is 24.4 Å². The Morgan fingerprint density at radius 1 is 1.04 bits per heavy atom. The predicted octanol–water partition coefficient (Wildman–Crippen LogP) is 5.50. The predicted molar refractivity (Wildman–Crippen MR) is 100.0 cm³/mol. The average molecular weight is 369 g/mol. The van der Waals surface area contributed by atoms with E-state index in [4.69, 9.17) is 16.3 Å². The molecule has 0 aliphatic carbocycles. The number of rotatable bonds is 5. The summed E-state index contributed by atoms with van der Waals surface area (Å²) in [5.41, 5.74) is 0.752. The van der Waals surface area contributed by atoms with Crippen molar-refractivity contribution in [2.24, 2.45) is 4.99 Å². The standard InChI is InChI=1S/C19H13ClN2O4/c20-14-2-1-3-18(11-14)26-17-7-4-15(5-8-17)21-12-13-10-16(22(24)25)6-9-19(13)23/h1-12,23H. The Morgan fingerprint density at radius 2 is 1.81 bits per heavy atom. The maximum Gasteiger partial charge on any atom is 0.270 e. The minimum atomic E-state index is -0.529. The number of aromatic hydroxyl groups is 1. The third-order valence-corrected chi connectivity index (χ3v) is 3.68. The number of nitro groups is 1. The Hall–Kier alpha value is -3.38. The first-order chi connectivity index (χ1) is 12.5. The summed E-state index contributed by atoms with van der Waals surface area (Å²) >= 11 is 5.92. The molecule has 0 heterocycles. The molecule has 0 saturated heterocycles. The summed E-state index contributed by atoms with van der Waals surface area (Å²) in [6, 6.07) is 17.7. The van der Waals surface area contributed by atoms with E-state index >= 15 is 0 Å². The molecule has 0 aromatic heterocycles. The number of benzene rings is 3. The molecule has 130 valence electrons. The highest BCUT2D eigenvalue weighted by Gasteiger charge is 2.08. The number of nitro benzene ring substituents is 1. The second-order valence-corrected chi connectivity index (χ2v) is 5.75. The van der Waals surface area contributed by atoms with Crippen LogP contribution in [0.1, 0.15) is 5.56 Å². The molecule has 3 rings (SSSR count). The fraction of sp³-hybridized carbons (Fsp3) is 0. The summed E-state index contributed by atoms with van der Waals surface area (Å²) < 4.78 is 5.69. The van der Waals surface area contributed by atoms with Gasteiger partial charge in [-0.1, -0.05) is 17.7 Å². The Kier molecular flexibility index (Phi) is 5.15. The monoisotopic (exact) mass is 368 g/mol. The van der Waals surface area contributed by atoms with Crippen LogP contribution in [-0.4, -0.2) is 16.2 Å². The molecule has 0 bridgehead atoms. The van der Waals surface area contributed by atoms with Gasteiger partial charge in [-0.15, -0.1) is 0 Å². The van der Waals surface area contributed by atoms with Gasteiger partial charge in [-0.2, -0.15) is 0 Å². The van der Waals surface area contributed by atoms with Gasteiger partial charge in [0.05, 0.1) is 10.6 Å². The van der Waals surface area contributed by atoms with Gasteiger partial charge in [0, 0.05) is 28.9 Å². The molecule has 0 radical (unpaired) electrons. The van der Waals surface area contributed by atoms with Crippen molar-refractivity contribution in [3.63, 3.8) is 0 Å². The molecule has 1 N–H and O–H groups in total. The number of halogens is 1. The van der Waals surface area contributed by atoms with E-state index < -0.39 is 4.92 Å². The SMILES string of the molecule is O=[N+]([O-])c1ccc(O)c(C=Nc2ccc(Oc3cccc(Cl)c3)cc2)c1. The maximum absolute atomic E-state index is 10.8. The largest absolute Gasteiger partial charge is 0.507 e. The second kappa shape index (κ2) is 7.67. The van der Waals surface area contributed by atoms with Gasteiger partial charge in [0.1, 0.15) is 17.2 Å². The Morgan fingerprint density at radius 3 is 2.50 bits per heavy atom. The molecule has 0 aliphatic heterocycles. The average Bonchev–Trinajstić information content (AvgIpc) is 2.62. The highest BCUT2D eigenvalue weighted by molar-refractivity contribution is 6.30. The fourth-order valence-corrected chi connectivity index (χ4v) is 2.35. The lowest BCUT2D eigenvalue weighted by Gasteiger charge is -2.06. The van der Waals surface area contributed by atoms with Crippen LogP contribution >= 0.6 is 11.6 Å². The van der Waals surface area contributed by atoms with E-state index in [0.29, 0.717) is 22.2 Å². The molecular formula is C19H13ClN2O4. The normalized spacial score (nSPS) is 10.8. The van der Waals surface area contributed by atoms with Crippen molar-refractivity contribution in [3.05, 3.63) is 87.4 Å². The first-order valence-corrected chi connectivity index (χ1v) is 7.94. The van der Waals surface area contributed by atoms with Crippen molar-refractivity contribution in [1.29, 1.82) is 0 Å². The van der Waals surface area contributed by atoms with Crippen LogP contribution in [0, 0.1) is 10.1 Å². The Bertz CT molecular complexity index is 972. The van der Waals surface area contributed by atoms with Crippen molar-refractivity contribution in [2.45, 2.75) is 0 Å². The summed E-state index contributed by atoms with van der Waals surface area (Å²) in [5.74, 6) is 1.15. The van der Waals surface area contributed by atoms with Gasteiger partial charge in [0.15, 0.2) is 0 Å². The zero-order valence-electron chi connectivity index (χ0n) is 13.4. The van der Waals surface area contributed by atoms with Crippen LogP contribution in [0.25, 0.3) is 0 Å².